The van der Waals surface area contributed by atoms with Crippen molar-refractivity contribution in [2.75, 3.05) is 18.4 Å². The van der Waals surface area contributed by atoms with E-state index in [-0.39, 0.29) is 23.5 Å². The Morgan fingerprint density at radius 3 is 2.23 bits per heavy atom. The van der Waals surface area contributed by atoms with Gasteiger partial charge in [-0.1, -0.05) is 0 Å². The number of piperidine rings is 1. The predicted molar refractivity (Wildman–Crippen MR) is 111 cm³/mol. The summed E-state index contributed by atoms with van der Waals surface area (Å²) in [6.07, 6.45) is 2.78. The number of ketones is 1. The number of hydrogen-bond donors (Lipinski definition) is 2. The molecule has 0 radical (unpaired) electrons. The van der Waals surface area contributed by atoms with E-state index >= 15 is 0 Å². The molecule has 4 rings (SSSR count). The number of rotatable bonds is 5. The van der Waals surface area contributed by atoms with Gasteiger partial charge in [-0.15, -0.1) is 0 Å². The highest BCUT2D eigenvalue weighted by Crippen LogP contribution is 2.25. The van der Waals surface area contributed by atoms with Gasteiger partial charge in [0.25, 0.3) is 5.91 Å². The van der Waals surface area contributed by atoms with Gasteiger partial charge in [-0.25, -0.2) is 13.6 Å². The normalized spacial score (nSPS) is 16.6. The van der Waals surface area contributed by atoms with Gasteiger partial charge >= 0.3 is 6.03 Å². The standard InChI is InChI=1S/C23H23F2N3O3/c24-16-3-8-20(25)19(13-16)21(29)14-9-11-28(12-10-14)22(30)15-1-4-17(5-2-15)26-23(31)27-18-6-7-18/h1-5,8,13-14,18H,6-7,9-12H2,(H2,26,27,31). The average Bonchev–Trinajstić information content (AvgIpc) is 3.59. The second kappa shape index (κ2) is 8.83. The number of amides is 3. The van der Waals surface area contributed by atoms with E-state index in [1.165, 1.54) is 0 Å². The first-order valence-corrected chi connectivity index (χ1v) is 10.4. The van der Waals surface area contributed by atoms with Crippen LogP contribution in [0.15, 0.2) is 42.5 Å². The summed E-state index contributed by atoms with van der Waals surface area (Å²) in [5.41, 5.74) is 0.837. The van der Waals surface area contributed by atoms with Crippen LogP contribution < -0.4 is 10.6 Å². The van der Waals surface area contributed by atoms with Crippen molar-refractivity contribution in [3.63, 3.8) is 0 Å². The molecule has 0 aromatic heterocycles. The molecule has 0 spiro atoms. The first-order valence-electron chi connectivity index (χ1n) is 10.4. The van der Waals surface area contributed by atoms with Crippen LogP contribution in [0.2, 0.25) is 0 Å². The second-order valence-corrected chi connectivity index (χ2v) is 8.00. The maximum absolute atomic E-state index is 13.9. The Morgan fingerprint density at radius 1 is 0.903 bits per heavy atom. The summed E-state index contributed by atoms with van der Waals surface area (Å²) in [7, 11) is 0. The SMILES string of the molecule is O=C(Nc1ccc(C(=O)N2CCC(C(=O)c3cc(F)ccc3F)CC2)cc1)NC1CC1. The number of carbonyl (C=O) groups excluding carboxylic acids is 3. The first-order chi connectivity index (χ1) is 14.9. The van der Waals surface area contributed by atoms with Gasteiger partial charge in [0.1, 0.15) is 11.6 Å². The molecule has 8 heteroatoms. The van der Waals surface area contributed by atoms with Crippen molar-refractivity contribution in [3.05, 3.63) is 65.2 Å². The first kappa shape index (κ1) is 21.0. The fourth-order valence-electron chi connectivity index (χ4n) is 3.71. The molecule has 1 saturated carbocycles. The van der Waals surface area contributed by atoms with Crippen molar-refractivity contribution in [1.82, 2.24) is 10.2 Å². The minimum Gasteiger partial charge on any atom is -0.339 e. The minimum absolute atomic E-state index is 0.170. The molecule has 3 amide bonds. The van der Waals surface area contributed by atoms with Gasteiger partial charge in [0.05, 0.1) is 5.56 Å². The van der Waals surface area contributed by atoms with E-state index in [4.69, 9.17) is 0 Å². The highest BCUT2D eigenvalue weighted by Gasteiger charge is 2.30. The molecule has 2 aromatic carbocycles. The number of likely N-dealkylation sites (tertiary alicyclic amines) is 1. The van der Waals surface area contributed by atoms with Crippen molar-refractivity contribution in [2.45, 2.75) is 31.7 Å². The van der Waals surface area contributed by atoms with Gasteiger partial charge in [0, 0.05) is 36.3 Å². The predicted octanol–water partition coefficient (Wildman–Crippen LogP) is 3.98. The third kappa shape index (κ3) is 5.07. The molecule has 1 saturated heterocycles. The topological polar surface area (TPSA) is 78.5 Å². The van der Waals surface area contributed by atoms with E-state index in [9.17, 15) is 23.2 Å². The lowest BCUT2D eigenvalue weighted by Crippen LogP contribution is -2.40. The Kier molecular flexibility index (Phi) is 5.97. The molecule has 0 bridgehead atoms. The van der Waals surface area contributed by atoms with Crippen molar-refractivity contribution in [2.24, 2.45) is 5.92 Å². The zero-order chi connectivity index (χ0) is 22.0. The van der Waals surface area contributed by atoms with Crippen LogP contribution in [-0.2, 0) is 0 Å². The average molecular weight is 427 g/mol. The van der Waals surface area contributed by atoms with Crippen LogP contribution in [-0.4, -0.2) is 41.8 Å². The monoisotopic (exact) mass is 427 g/mol. The fourth-order valence-corrected chi connectivity index (χ4v) is 3.71. The molecule has 6 nitrogen and oxygen atoms in total. The molecular formula is C23H23F2N3O3. The van der Waals surface area contributed by atoms with Crippen LogP contribution >= 0.6 is 0 Å². The second-order valence-electron chi connectivity index (χ2n) is 8.00. The van der Waals surface area contributed by atoms with Gasteiger partial charge in [-0.3, -0.25) is 9.59 Å². The zero-order valence-corrected chi connectivity index (χ0v) is 16.9. The smallest absolute Gasteiger partial charge is 0.319 e. The van der Waals surface area contributed by atoms with Gasteiger partial charge < -0.3 is 15.5 Å². The number of Topliss-reactive ketones (excluding diaryl/α,β-unsaturated/α-hetero) is 1. The molecule has 0 atom stereocenters. The Bertz CT molecular complexity index is 998. The zero-order valence-electron chi connectivity index (χ0n) is 16.9. The van der Waals surface area contributed by atoms with E-state index in [0.717, 1.165) is 31.0 Å². The summed E-state index contributed by atoms with van der Waals surface area (Å²) in [5.74, 6) is -2.43. The number of hydrogen-bond acceptors (Lipinski definition) is 3. The maximum atomic E-state index is 13.9. The molecule has 2 aliphatic rings. The minimum atomic E-state index is -0.732. The number of nitrogens with one attached hydrogen (secondary N) is 2. The van der Waals surface area contributed by atoms with Crippen molar-refractivity contribution in [1.29, 1.82) is 0 Å². The molecule has 2 aromatic rings. The third-order valence-corrected chi connectivity index (χ3v) is 5.65. The summed E-state index contributed by atoms with van der Waals surface area (Å²) in [6, 6.07) is 9.49. The molecule has 2 fully saturated rings. The summed E-state index contributed by atoms with van der Waals surface area (Å²) < 4.78 is 27.3. The van der Waals surface area contributed by atoms with E-state index in [2.05, 4.69) is 10.6 Å². The number of urea groups is 1. The molecule has 31 heavy (non-hydrogen) atoms. The molecular weight excluding hydrogens is 404 g/mol. The van der Waals surface area contributed by atoms with E-state index in [0.29, 0.717) is 37.2 Å². The van der Waals surface area contributed by atoms with Crippen LogP contribution in [0.4, 0.5) is 19.3 Å². The van der Waals surface area contributed by atoms with Crippen LogP contribution in [0, 0.1) is 17.6 Å². The highest BCUT2D eigenvalue weighted by atomic mass is 19.1. The van der Waals surface area contributed by atoms with Crippen molar-refractivity contribution in [3.8, 4) is 0 Å². The van der Waals surface area contributed by atoms with Crippen LogP contribution in [0.1, 0.15) is 46.4 Å². The quantitative estimate of drug-likeness (QED) is 0.709. The Morgan fingerprint density at radius 2 is 1.58 bits per heavy atom. The lowest BCUT2D eigenvalue weighted by atomic mass is 9.88. The van der Waals surface area contributed by atoms with E-state index in [1.54, 1.807) is 29.2 Å². The molecule has 1 heterocycles. The summed E-state index contributed by atoms with van der Waals surface area (Å²) in [6.45, 7) is 0.714. The Balaban J connectivity index is 1.32. The summed E-state index contributed by atoms with van der Waals surface area (Å²) in [5, 5.41) is 5.56. The molecule has 0 unspecified atom stereocenters. The Hall–Kier alpha value is -3.29. The third-order valence-electron chi connectivity index (χ3n) is 5.65. The van der Waals surface area contributed by atoms with Gasteiger partial charge in [-0.05, 0) is 68.1 Å². The number of benzene rings is 2. The number of halogens is 2. The summed E-state index contributed by atoms with van der Waals surface area (Å²) in [4.78, 5) is 38.8. The maximum Gasteiger partial charge on any atom is 0.319 e. The molecule has 162 valence electrons. The lowest BCUT2D eigenvalue weighted by Gasteiger charge is -2.31. The summed E-state index contributed by atoms with van der Waals surface area (Å²) >= 11 is 0. The molecule has 1 aliphatic carbocycles. The number of nitrogens with zero attached hydrogens (tertiary/aromatic N) is 1. The van der Waals surface area contributed by atoms with Gasteiger partial charge in [0.2, 0.25) is 0 Å². The van der Waals surface area contributed by atoms with Crippen molar-refractivity contribution < 1.29 is 23.2 Å². The highest BCUT2D eigenvalue weighted by molar-refractivity contribution is 5.99. The number of carbonyl (C=O) groups is 3. The van der Waals surface area contributed by atoms with Crippen LogP contribution in [0.3, 0.4) is 0 Å². The lowest BCUT2D eigenvalue weighted by molar-refractivity contribution is 0.0649. The van der Waals surface area contributed by atoms with Crippen LogP contribution in [0.5, 0.6) is 0 Å². The molecule has 2 N–H and O–H groups in total. The fraction of sp³-hybridized carbons (Fsp3) is 0.348. The number of anilines is 1. The van der Waals surface area contributed by atoms with Crippen LogP contribution in [0.25, 0.3) is 0 Å². The van der Waals surface area contributed by atoms with Gasteiger partial charge in [-0.2, -0.15) is 0 Å². The largest absolute Gasteiger partial charge is 0.339 e. The molecule has 1 aliphatic heterocycles. The van der Waals surface area contributed by atoms with E-state index < -0.39 is 23.3 Å². The van der Waals surface area contributed by atoms with Crippen molar-refractivity contribution >= 4 is 23.4 Å². The van der Waals surface area contributed by atoms with E-state index in [1.807, 2.05) is 0 Å². The Labute approximate surface area is 178 Å². The van der Waals surface area contributed by atoms with Gasteiger partial charge in [0.15, 0.2) is 5.78 Å².